The van der Waals surface area contributed by atoms with E-state index in [0.717, 1.165) is 16.5 Å². The molecule has 1 N–H and O–H groups in total. The number of hydrogen-bond donors (Lipinski definition) is 1. The van der Waals surface area contributed by atoms with Crippen LogP contribution in [0.1, 0.15) is 30.3 Å². The Hall–Kier alpha value is -3.20. The van der Waals surface area contributed by atoms with Crippen molar-refractivity contribution in [2.45, 2.75) is 26.7 Å². The molecule has 0 aliphatic rings. The molecule has 0 spiro atoms. The summed E-state index contributed by atoms with van der Waals surface area (Å²) in [6.07, 6.45) is 2.86. The summed E-state index contributed by atoms with van der Waals surface area (Å²) in [7, 11) is 0. The summed E-state index contributed by atoms with van der Waals surface area (Å²) in [5.41, 5.74) is 2.53. The highest BCUT2D eigenvalue weighted by atomic mass is 79.9. The Bertz CT molecular complexity index is 1550. The Kier molecular flexibility index (Phi) is 8.63. The van der Waals surface area contributed by atoms with Crippen molar-refractivity contribution in [2.24, 2.45) is 5.10 Å². The standard InChI is InChI=1S/C27H23BrCl2N4O3/c1-3-6-24-32-23-10-9-18(28)13-19(23)27(36)34(24)31-14-17-11-20(29)26(21(30)12-17)37-15-25(35)33-22-8-5-4-7-16(22)2/h4-5,7-14H,3,6,15H2,1-2H3,(H,33,35). The van der Waals surface area contributed by atoms with E-state index in [1.807, 2.05) is 44.2 Å². The van der Waals surface area contributed by atoms with E-state index in [4.69, 9.17) is 27.9 Å². The molecule has 0 aliphatic carbocycles. The lowest BCUT2D eigenvalue weighted by Crippen LogP contribution is -2.22. The lowest BCUT2D eigenvalue weighted by Gasteiger charge is -2.12. The number of nitrogens with one attached hydrogen (secondary N) is 1. The number of benzene rings is 3. The van der Waals surface area contributed by atoms with E-state index < -0.39 is 0 Å². The largest absolute Gasteiger partial charge is 0.481 e. The second-order valence-corrected chi connectivity index (χ2v) is 10.00. The van der Waals surface area contributed by atoms with E-state index >= 15 is 0 Å². The van der Waals surface area contributed by atoms with Crippen LogP contribution in [0.3, 0.4) is 0 Å². The van der Waals surface area contributed by atoms with Gasteiger partial charge in [-0.3, -0.25) is 9.59 Å². The molecule has 10 heteroatoms. The fourth-order valence-corrected chi connectivity index (χ4v) is 4.63. The van der Waals surface area contributed by atoms with Crippen molar-refractivity contribution < 1.29 is 9.53 Å². The maximum absolute atomic E-state index is 13.2. The van der Waals surface area contributed by atoms with Gasteiger partial charge in [-0.15, -0.1) is 0 Å². The number of carbonyl (C=O) groups excluding carboxylic acids is 1. The van der Waals surface area contributed by atoms with Crippen molar-refractivity contribution in [3.05, 3.63) is 96.4 Å². The van der Waals surface area contributed by atoms with Gasteiger partial charge in [0.15, 0.2) is 12.4 Å². The Morgan fingerprint density at radius 2 is 1.89 bits per heavy atom. The maximum atomic E-state index is 13.2. The fourth-order valence-electron chi connectivity index (χ4n) is 3.65. The third-order valence-corrected chi connectivity index (χ3v) is 6.51. The van der Waals surface area contributed by atoms with Crippen LogP contribution in [-0.4, -0.2) is 28.4 Å². The first kappa shape index (κ1) is 26.9. The second-order valence-electron chi connectivity index (χ2n) is 8.27. The molecule has 0 bridgehead atoms. The summed E-state index contributed by atoms with van der Waals surface area (Å²) >= 11 is 16.2. The second kappa shape index (κ2) is 11.9. The van der Waals surface area contributed by atoms with E-state index in [1.165, 1.54) is 10.9 Å². The van der Waals surface area contributed by atoms with E-state index in [-0.39, 0.29) is 33.9 Å². The molecule has 3 aromatic carbocycles. The van der Waals surface area contributed by atoms with Gasteiger partial charge in [-0.25, -0.2) is 4.98 Å². The molecule has 4 rings (SSSR count). The molecule has 0 unspecified atom stereocenters. The lowest BCUT2D eigenvalue weighted by atomic mass is 10.2. The summed E-state index contributed by atoms with van der Waals surface area (Å²) in [6.45, 7) is 3.64. The molecule has 0 saturated heterocycles. The highest BCUT2D eigenvalue weighted by Gasteiger charge is 2.14. The summed E-state index contributed by atoms with van der Waals surface area (Å²) in [5, 5.41) is 8.06. The number of hydrogen-bond acceptors (Lipinski definition) is 5. The number of para-hydroxylation sites is 1. The van der Waals surface area contributed by atoms with Gasteiger partial charge in [0.05, 0.1) is 27.2 Å². The normalized spacial score (nSPS) is 11.3. The van der Waals surface area contributed by atoms with Crippen molar-refractivity contribution >= 4 is 67.8 Å². The number of aromatic nitrogens is 2. The van der Waals surface area contributed by atoms with Gasteiger partial charge in [0, 0.05) is 16.6 Å². The third-order valence-electron chi connectivity index (χ3n) is 5.46. The summed E-state index contributed by atoms with van der Waals surface area (Å²) in [4.78, 5) is 30.1. The van der Waals surface area contributed by atoms with E-state index in [1.54, 1.807) is 24.3 Å². The number of nitrogens with zero attached hydrogens (tertiary/aromatic N) is 3. The Morgan fingerprint density at radius 1 is 1.16 bits per heavy atom. The molecule has 1 amide bonds. The quantitative estimate of drug-likeness (QED) is 0.230. The highest BCUT2D eigenvalue weighted by Crippen LogP contribution is 2.34. The molecular formula is C27H23BrCl2N4O3. The topological polar surface area (TPSA) is 85.6 Å². The average Bonchev–Trinajstić information content (AvgIpc) is 2.85. The number of anilines is 1. The first-order valence-electron chi connectivity index (χ1n) is 11.5. The zero-order valence-corrected chi connectivity index (χ0v) is 23.2. The van der Waals surface area contributed by atoms with Gasteiger partial charge in [-0.05, 0) is 60.9 Å². The van der Waals surface area contributed by atoms with Crippen LogP contribution in [0.5, 0.6) is 5.75 Å². The maximum Gasteiger partial charge on any atom is 0.282 e. The summed E-state index contributed by atoms with van der Waals surface area (Å²) in [5.74, 6) is 0.391. The smallest absolute Gasteiger partial charge is 0.282 e. The molecule has 0 saturated carbocycles. The molecule has 1 aromatic heterocycles. The molecule has 0 aliphatic heterocycles. The summed E-state index contributed by atoms with van der Waals surface area (Å²) in [6, 6.07) is 16.0. The van der Waals surface area contributed by atoms with Crippen molar-refractivity contribution in [3.8, 4) is 5.75 Å². The Labute approximate surface area is 232 Å². The van der Waals surface area contributed by atoms with Crippen LogP contribution in [-0.2, 0) is 11.2 Å². The van der Waals surface area contributed by atoms with Gasteiger partial charge in [-0.1, -0.05) is 64.3 Å². The van der Waals surface area contributed by atoms with Gasteiger partial charge in [-0.2, -0.15) is 9.78 Å². The molecule has 0 radical (unpaired) electrons. The van der Waals surface area contributed by atoms with Crippen LogP contribution in [0.15, 0.2) is 69.0 Å². The van der Waals surface area contributed by atoms with Gasteiger partial charge in [0.1, 0.15) is 5.82 Å². The predicted octanol–water partition coefficient (Wildman–Crippen LogP) is 6.63. The highest BCUT2D eigenvalue weighted by molar-refractivity contribution is 9.10. The molecule has 7 nitrogen and oxygen atoms in total. The number of fused-ring (bicyclic) bond motifs is 1. The van der Waals surface area contributed by atoms with Crippen molar-refractivity contribution in [3.63, 3.8) is 0 Å². The van der Waals surface area contributed by atoms with Crippen LogP contribution >= 0.6 is 39.1 Å². The first-order valence-corrected chi connectivity index (χ1v) is 13.0. The number of ether oxygens (including phenoxy) is 1. The first-order chi connectivity index (χ1) is 17.8. The fraction of sp³-hybridized carbons (Fsp3) is 0.185. The monoisotopic (exact) mass is 600 g/mol. The zero-order valence-electron chi connectivity index (χ0n) is 20.1. The molecule has 4 aromatic rings. The number of halogens is 3. The van der Waals surface area contributed by atoms with Crippen molar-refractivity contribution in [1.29, 1.82) is 0 Å². The molecule has 0 atom stereocenters. The predicted molar refractivity (Wildman–Crippen MR) is 152 cm³/mol. The van der Waals surface area contributed by atoms with Crippen LogP contribution in [0.2, 0.25) is 10.0 Å². The minimum atomic E-state index is -0.342. The molecule has 37 heavy (non-hydrogen) atoms. The van der Waals surface area contributed by atoms with Gasteiger partial charge >= 0.3 is 0 Å². The van der Waals surface area contributed by atoms with Gasteiger partial charge < -0.3 is 10.1 Å². The van der Waals surface area contributed by atoms with Crippen LogP contribution < -0.4 is 15.6 Å². The molecule has 1 heterocycles. The minimum Gasteiger partial charge on any atom is -0.481 e. The Morgan fingerprint density at radius 3 is 2.59 bits per heavy atom. The molecule has 190 valence electrons. The summed E-state index contributed by atoms with van der Waals surface area (Å²) < 4.78 is 7.67. The SMILES string of the molecule is CCCc1nc2ccc(Br)cc2c(=O)n1N=Cc1cc(Cl)c(OCC(=O)Nc2ccccc2C)c(Cl)c1. The third kappa shape index (κ3) is 6.39. The van der Waals surface area contributed by atoms with E-state index in [2.05, 4.69) is 31.3 Å². The molecular weight excluding hydrogens is 579 g/mol. The number of amides is 1. The van der Waals surface area contributed by atoms with Crippen LogP contribution in [0.25, 0.3) is 10.9 Å². The van der Waals surface area contributed by atoms with E-state index in [0.29, 0.717) is 34.4 Å². The van der Waals surface area contributed by atoms with Gasteiger partial charge in [0.25, 0.3) is 11.5 Å². The molecule has 0 fully saturated rings. The number of carbonyl (C=O) groups is 1. The zero-order chi connectivity index (χ0) is 26.5. The minimum absolute atomic E-state index is 0.182. The van der Waals surface area contributed by atoms with Crippen molar-refractivity contribution in [1.82, 2.24) is 9.66 Å². The van der Waals surface area contributed by atoms with E-state index in [9.17, 15) is 9.59 Å². The van der Waals surface area contributed by atoms with Gasteiger partial charge in [0.2, 0.25) is 0 Å². The number of aryl methyl sites for hydroxylation is 2. The van der Waals surface area contributed by atoms with Crippen LogP contribution in [0, 0.1) is 6.92 Å². The Balaban J connectivity index is 1.55. The lowest BCUT2D eigenvalue weighted by molar-refractivity contribution is -0.118. The average molecular weight is 602 g/mol. The van der Waals surface area contributed by atoms with Crippen LogP contribution in [0.4, 0.5) is 5.69 Å². The number of rotatable bonds is 8. The van der Waals surface area contributed by atoms with Crippen molar-refractivity contribution in [2.75, 3.05) is 11.9 Å².